The highest BCUT2D eigenvalue weighted by molar-refractivity contribution is 5.78. The predicted octanol–water partition coefficient (Wildman–Crippen LogP) is 3.92. The highest BCUT2D eigenvalue weighted by Crippen LogP contribution is 2.29. The summed E-state index contributed by atoms with van der Waals surface area (Å²) in [5.41, 5.74) is 0.582. The van der Waals surface area contributed by atoms with Crippen molar-refractivity contribution < 1.29 is 18.7 Å². The zero-order chi connectivity index (χ0) is 16.7. The predicted molar refractivity (Wildman–Crippen MR) is 84.2 cm³/mol. The molecule has 0 heterocycles. The minimum atomic E-state index is -0.527. The Bertz CT molecular complexity index is 567. The standard InChI is InChI=1S/C18H23FO3/c1-6-7-10-21-18(20)17(12(2)3)14-8-9-16(15(19)11-14)22-13(4)5/h8-9,11-13,17H,10H2,1-5H3. The van der Waals surface area contributed by atoms with Crippen LogP contribution in [0.2, 0.25) is 0 Å². The van der Waals surface area contributed by atoms with E-state index in [9.17, 15) is 9.18 Å². The van der Waals surface area contributed by atoms with Crippen LogP contribution in [0.4, 0.5) is 4.39 Å². The summed E-state index contributed by atoms with van der Waals surface area (Å²) in [7, 11) is 0. The Morgan fingerprint density at radius 3 is 2.45 bits per heavy atom. The SMILES string of the molecule is CC#CCOC(=O)C(c1ccc(OC(C)C)c(F)c1)C(C)C. The molecule has 120 valence electrons. The fraction of sp³-hybridized carbons (Fsp3) is 0.500. The van der Waals surface area contributed by atoms with Crippen LogP contribution in [0.3, 0.4) is 0 Å². The normalized spacial score (nSPS) is 11.8. The number of ether oxygens (including phenoxy) is 2. The van der Waals surface area contributed by atoms with Crippen molar-refractivity contribution in [2.24, 2.45) is 5.92 Å². The van der Waals surface area contributed by atoms with Crippen LogP contribution in [0.25, 0.3) is 0 Å². The molecule has 1 rings (SSSR count). The van der Waals surface area contributed by atoms with Gasteiger partial charge in [-0.05, 0) is 44.4 Å². The average Bonchev–Trinajstić information content (AvgIpc) is 2.41. The first-order chi connectivity index (χ1) is 10.4. The summed E-state index contributed by atoms with van der Waals surface area (Å²) in [5, 5.41) is 0. The summed E-state index contributed by atoms with van der Waals surface area (Å²) in [5.74, 6) is 4.12. The van der Waals surface area contributed by atoms with Crippen LogP contribution in [-0.4, -0.2) is 18.7 Å². The maximum atomic E-state index is 14.1. The largest absolute Gasteiger partial charge is 0.488 e. The minimum Gasteiger partial charge on any atom is -0.488 e. The molecule has 1 aromatic rings. The van der Waals surface area contributed by atoms with Gasteiger partial charge in [-0.15, -0.1) is 5.92 Å². The number of rotatable bonds is 6. The molecule has 1 aromatic carbocycles. The summed E-state index contributed by atoms with van der Waals surface area (Å²) in [4.78, 5) is 12.2. The van der Waals surface area contributed by atoms with Gasteiger partial charge < -0.3 is 9.47 Å². The summed E-state index contributed by atoms with van der Waals surface area (Å²) in [6, 6.07) is 4.60. The second-order valence-corrected chi connectivity index (χ2v) is 5.61. The number of hydrogen-bond acceptors (Lipinski definition) is 3. The summed E-state index contributed by atoms with van der Waals surface area (Å²) < 4.78 is 24.6. The van der Waals surface area contributed by atoms with E-state index in [0.717, 1.165) is 0 Å². The van der Waals surface area contributed by atoms with Crippen molar-refractivity contribution in [1.82, 2.24) is 0 Å². The zero-order valence-electron chi connectivity index (χ0n) is 13.8. The van der Waals surface area contributed by atoms with Crippen LogP contribution >= 0.6 is 0 Å². The lowest BCUT2D eigenvalue weighted by molar-refractivity contribution is -0.145. The van der Waals surface area contributed by atoms with Gasteiger partial charge in [0.2, 0.25) is 0 Å². The Hall–Kier alpha value is -2.02. The van der Waals surface area contributed by atoms with Crippen LogP contribution in [0.15, 0.2) is 18.2 Å². The van der Waals surface area contributed by atoms with Crippen LogP contribution in [0.5, 0.6) is 5.75 Å². The van der Waals surface area contributed by atoms with E-state index in [-0.39, 0.29) is 24.4 Å². The summed E-state index contributed by atoms with van der Waals surface area (Å²) in [6.07, 6.45) is -0.112. The van der Waals surface area contributed by atoms with Crippen molar-refractivity contribution in [2.45, 2.75) is 46.6 Å². The van der Waals surface area contributed by atoms with Crippen molar-refractivity contribution in [1.29, 1.82) is 0 Å². The number of esters is 1. The van der Waals surface area contributed by atoms with Crippen molar-refractivity contribution in [3.8, 4) is 17.6 Å². The lowest BCUT2D eigenvalue weighted by atomic mass is 9.88. The van der Waals surface area contributed by atoms with Gasteiger partial charge in [0.15, 0.2) is 18.2 Å². The molecule has 0 aromatic heterocycles. The molecule has 1 unspecified atom stereocenters. The maximum absolute atomic E-state index is 14.1. The second kappa shape index (κ2) is 8.43. The summed E-state index contributed by atoms with van der Waals surface area (Å²) in [6.45, 7) is 9.18. The minimum absolute atomic E-state index is 0.0154. The molecule has 0 amide bonds. The molecule has 4 heteroatoms. The quantitative estimate of drug-likeness (QED) is 0.590. The zero-order valence-corrected chi connectivity index (χ0v) is 13.8. The number of halogens is 1. The molecule has 0 N–H and O–H groups in total. The Labute approximate surface area is 131 Å². The lowest BCUT2D eigenvalue weighted by Gasteiger charge is -2.20. The fourth-order valence-electron chi connectivity index (χ4n) is 2.12. The molecule has 0 saturated carbocycles. The number of carbonyl (C=O) groups is 1. The second-order valence-electron chi connectivity index (χ2n) is 5.61. The molecule has 0 spiro atoms. The fourth-order valence-corrected chi connectivity index (χ4v) is 2.12. The van der Waals surface area contributed by atoms with Crippen LogP contribution in [0.1, 0.15) is 46.1 Å². The summed E-state index contributed by atoms with van der Waals surface area (Å²) >= 11 is 0. The Kier molecular flexibility index (Phi) is 6.91. The molecule has 3 nitrogen and oxygen atoms in total. The van der Waals surface area contributed by atoms with E-state index in [2.05, 4.69) is 11.8 Å². The van der Waals surface area contributed by atoms with Crippen molar-refractivity contribution in [3.63, 3.8) is 0 Å². The van der Waals surface area contributed by atoms with Crippen molar-refractivity contribution in [2.75, 3.05) is 6.61 Å². The van der Waals surface area contributed by atoms with Crippen LogP contribution in [0, 0.1) is 23.6 Å². The van der Waals surface area contributed by atoms with Gasteiger partial charge in [0.05, 0.1) is 12.0 Å². The van der Waals surface area contributed by atoms with Crippen LogP contribution < -0.4 is 4.74 Å². The molecule has 1 atom stereocenters. The molecule has 0 bridgehead atoms. The third-order valence-corrected chi connectivity index (χ3v) is 3.06. The van der Waals surface area contributed by atoms with Gasteiger partial charge in [-0.25, -0.2) is 4.39 Å². The monoisotopic (exact) mass is 306 g/mol. The maximum Gasteiger partial charge on any atom is 0.314 e. The molecule has 22 heavy (non-hydrogen) atoms. The van der Waals surface area contributed by atoms with Crippen molar-refractivity contribution in [3.05, 3.63) is 29.6 Å². The highest BCUT2D eigenvalue weighted by atomic mass is 19.1. The topological polar surface area (TPSA) is 35.5 Å². The Morgan fingerprint density at radius 1 is 1.27 bits per heavy atom. The van der Waals surface area contributed by atoms with E-state index in [1.807, 2.05) is 27.7 Å². The Morgan fingerprint density at radius 2 is 1.95 bits per heavy atom. The van der Waals surface area contributed by atoms with Crippen LogP contribution in [-0.2, 0) is 9.53 Å². The van der Waals surface area contributed by atoms with Crippen molar-refractivity contribution >= 4 is 5.97 Å². The third kappa shape index (κ3) is 5.07. The molecular formula is C18H23FO3. The van der Waals surface area contributed by atoms with Gasteiger partial charge in [0.25, 0.3) is 0 Å². The molecule has 0 aliphatic carbocycles. The lowest BCUT2D eigenvalue weighted by Crippen LogP contribution is -2.21. The van der Waals surface area contributed by atoms with Gasteiger partial charge in [0.1, 0.15) is 0 Å². The number of carbonyl (C=O) groups excluding carboxylic acids is 1. The van der Waals surface area contributed by atoms with Gasteiger partial charge in [0, 0.05) is 0 Å². The molecule has 0 saturated heterocycles. The van der Waals surface area contributed by atoms with E-state index >= 15 is 0 Å². The van der Waals surface area contributed by atoms with Gasteiger partial charge in [-0.3, -0.25) is 4.79 Å². The average molecular weight is 306 g/mol. The first kappa shape index (κ1) is 18.0. The van der Waals surface area contributed by atoms with E-state index in [0.29, 0.717) is 5.56 Å². The van der Waals surface area contributed by atoms with Gasteiger partial charge in [-0.1, -0.05) is 25.8 Å². The smallest absolute Gasteiger partial charge is 0.314 e. The number of benzene rings is 1. The highest BCUT2D eigenvalue weighted by Gasteiger charge is 2.26. The Balaban J connectivity index is 2.98. The van der Waals surface area contributed by atoms with Gasteiger partial charge >= 0.3 is 5.97 Å². The molecule has 0 aliphatic rings. The molecular weight excluding hydrogens is 283 g/mol. The van der Waals surface area contributed by atoms with Gasteiger partial charge in [-0.2, -0.15) is 0 Å². The van der Waals surface area contributed by atoms with E-state index < -0.39 is 17.7 Å². The van der Waals surface area contributed by atoms with E-state index in [1.165, 1.54) is 6.07 Å². The molecule has 0 fully saturated rings. The third-order valence-electron chi connectivity index (χ3n) is 3.06. The van der Waals surface area contributed by atoms with E-state index in [1.54, 1.807) is 19.1 Å². The first-order valence-corrected chi connectivity index (χ1v) is 7.39. The molecule has 0 aliphatic heterocycles. The van der Waals surface area contributed by atoms with E-state index in [4.69, 9.17) is 9.47 Å². The first-order valence-electron chi connectivity index (χ1n) is 7.39. The number of hydrogen-bond donors (Lipinski definition) is 0. The molecule has 0 radical (unpaired) electrons.